The molecule has 1 aromatic heterocycles. The molecule has 0 bridgehead atoms. The van der Waals surface area contributed by atoms with Crippen LogP contribution in [0, 0.1) is 0 Å². The lowest BCUT2D eigenvalue weighted by atomic mass is 10.3. The molecule has 1 heterocycles. The van der Waals surface area contributed by atoms with Crippen molar-refractivity contribution < 1.29 is 4.79 Å². The van der Waals surface area contributed by atoms with Crippen molar-refractivity contribution >= 4 is 33.6 Å². The van der Waals surface area contributed by atoms with Gasteiger partial charge >= 0.3 is 0 Å². The number of amides is 1. The lowest BCUT2D eigenvalue weighted by Gasteiger charge is -2.11. The fraction of sp³-hybridized carbons (Fsp3) is 0.333. The number of imidazole rings is 1. The van der Waals surface area contributed by atoms with Gasteiger partial charge in [0, 0.05) is 28.6 Å². The van der Waals surface area contributed by atoms with Crippen LogP contribution in [0.3, 0.4) is 0 Å². The Kier molecular flexibility index (Phi) is 5.87. The molecule has 0 saturated carbocycles. The van der Waals surface area contributed by atoms with E-state index in [0.717, 1.165) is 21.7 Å². The molecule has 0 aliphatic rings. The number of rotatable bonds is 6. The van der Waals surface area contributed by atoms with Crippen LogP contribution in [0.5, 0.6) is 0 Å². The van der Waals surface area contributed by atoms with Crippen LogP contribution < -0.4 is 5.32 Å². The van der Waals surface area contributed by atoms with Crippen LogP contribution >= 0.6 is 27.7 Å². The van der Waals surface area contributed by atoms with Gasteiger partial charge in [0.1, 0.15) is 0 Å². The molecule has 0 fully saturated rings. The summed E-state index contributed by atoms with van der Waals surface area (Å²) >= 11 is 4.87. The average Bonchev–Trinajstić information content (AvgIpc) is 2.94. The van der Waals surface area contributed by atoms with Crippen LogP contribution in [-0.4, -0.2) is 27.3 Å². The highest BCUT2D eigenvalue weighted by Crippen LogP contribution is 2.21. The van der Waals surface area contributed by atoms with Crippen molar-refractivity contribution in [1.82, 2.24) is 14.9 Å². The number of halogens is 1. The highest BCUT2D eigenvalue weighted by Gasteiger charge is 2.10. The van der Waals surface area contributed by atoms with Crippen LogP contribution in [0.15, 0.2) is 46.3 Å². The zero-order valence-electron chi connectivity index (χ0n) is 12.0. The fourth-order valence-corrected chi connectivity index (χ4v) is 2.79. The van der Waals surface area contributed by atoms with Crippen LogP contribution in [0.25, 0.3) is 5.69 Å². The Morgan fingerprint density at radius 3 is 2.81 bits per heavy atom. The molecule has 0 saturated heterocycles. The third-order valence-electron chi connectivity index (χ3n) is 3.06. The fourth-order valence-electron chi connectivity index (χ4n) is 1.74. The molecule has 0 spiro atoms. The van der Waals surface area contributed by atoms with Gasteiger partial charge in [0.15, 0.2) is 5.16 Å². The third kappa shape index (κ3) is 4.61. The maximum Gasteiger partial charge on any atom is 0.230 e. The molecule has 1 N–H and O–H groups in total. The molecular weight excluding hydrogens is 350 g/mol. The van der Waals surface area contributed by atoms with Crippen molar-refractivity contribution in [3.05, 3.63) is 41.1 Å². The summed E-state index contributed by atoms with van der Waals surface area (Å²) in [6.07, 6.45) is 4.58. The highest BCUT2D eigenvalue weighted by atomic mass is 79.9. The van der Waals surface area contributed by atoms with Gasteiger partial charge in [-0.25, -0.2) is 4.98 Å². The number of carbonyl (C=O) groups is 1. The van der Waals surface area contributed by atoms with Crippen molar-refractivity contribution in [3.8, 4) is 5.69 Å². The van der Waals surface area contributed by atoms with Crippen molar-refractivity contribution in [3.63, 3.8) is 0 Å². The summed E-state index contributed by atoms with van der Waals surface area (Å²) < 4.78 is 3.02. The molecule has 0 aliphatic carbocycles. The Balaban J connectivity index is 2.01. The maximum atomic E-state index is 11.8. The molecule has 0 aliphatic heterocycles. The molecule has 1 aromatic carbocycles. The summed E-state index contributed by atoms with van der Waals surface area (Å²) in [6, 6.07) is 8.20. The van der Waals surface area contributed by atoms with Gasteiger partial charge in [-0.3, -0.25) is 9.36 Å². The Bertz CT molecular complexity index is 597. The second kappa shape index (κ2) is 7.66. The first-order valence-corrected chi connectivity index (χ1v) is 8.59. The molecule has 112 valence electrons. The molecule has 1 amide bonds. The predicted molar refractivity (Wildman–Crippen MR) is 89.9 cm³/mol. The van der Waals surface area contributed by atoms with Crippen LogP contribution in [0.1, 0.15) is 20.3 Å². The summed E-state index contributed by atoms with van der Waals surface area (Å²) in [6.45, 7) is 4.06. The lowest BCUT2D eigenvalue weighted by Crippen LogP contribution is -2.33. The van der Waals surface area contributed by atoms with E-state index < -0.39 is 0 Å². The first-order chi connectivity index (χ1) is 10.1. The Labute approximate surface area is 137 Å². The summed E-state index contributed by atoms with van der Waals surface area (Å²) in [5.41, 5.74) is 1.03. The lowest BCUT2D eigenvalue weighted by molar-refractivity contribution is -0.119. The third-order valence-corrected chi connectivity index (χ3v) is 4.56. The van der Waals surface area contributed by atoms with Crippen molar-refractivity contribution in [1.29, 1.82) is 0 Å². The van der Waals surface area contributed by atoms with E-state index in [-0.39, 0.29) is 11.9 Å². The monoisotopic (exact) mass is 367 g/mol. The van der Waals surface area contributed by atoms with Crippen LogP contribution in [0.4, 0.5) is 0 Å². The number of hydrogen-bond donors (Lipinski definition) is 1. The topological polar surface area (TPSA) is 46.9 Å². The molecule has 1 atom stereocenters. The van der Waals surface area contributed by atoms with Gasteiger partial charge in [-0.15, -0.1) is 0 Å². The number of benzene rings is 1. The molecule has 6 heteroatoms. The number of nitrogens with zero attached hydrogens (tertiary/aromatic N) is 2. The minimum absolute atomic E-state index is 0.0414. The second-order valence-corrected chi connectivity index (χ2v) is 6.58. The van der Waals surface area contributed by atoms with E-state index in [1.165, 1.54) is 11.8 Å². The van der Waals surface area contributed by atoms with Gasteiger partial charge in [0.25, 0.3) is 0 Å². The number of hydrogen-bond acceptors (Lipinski definition) is 3. The molecule has 4 nitrogen and oxygen atoms in total. The minimum atomic E-state index is 0.0414. The minimum Gasteiger partial charge on any atom is -0.353 e. The normalized spacial score (nSPS) is 12.1. The maximum absolute atomic E-state index is 11.8. The first-order valence-electron chi connectivity index (χ1n) is 6.81. The van der Waals surface area contributed by atoms with Crippen LogP contribution in [-0.2, 0) is 4.79 Å². The van der Waals surface area contributed by atoms with Gasteiger partial charge in [0.05, 0.1) is 5.75 Å². The number of nitrogens with one attached hydrogen (secondary N) is 1. The Morgan fingerprint density at radius 2 is 2.14 bits per heavy atom. The first kappa shape index (κ1) is 16.1. The van der Waals surface area contributed by atoms with Gasteiger partial charge in [-0.1, -0.05) is 34.6 Å². The van der Waals surface area contributed by atoms with Gasteiger partial charge in [0.2, 0.25) is 5.91 Å². The standard InChI is InChI=1S/C15H18BrN3OS/c1-3-11(2)18-14(20)10-21-15-17-8-9-19(15)13-6-4-12(16)5-7-13/h4-9,11H,3,10H2,1-2H3,(H,18,20). The number of thioether (sulfide) groups is 1. The van der Waals surface area contributed by atoms with E-state index in [0.29, 0.717) is 5.75 Å². The number of carbonyl (C=O) groups excluding carboxylic acids is 1. The SMILES string of the molecule is CCC(C)NC(=O)CSc1nccn1-c1ccc(Br)cc1. The quantitative estimate of drug-likeness (QED) is 0.792. The van der Waals surface area contributed by atoms with E-state index in [1.54, 1.807) is 6.20 Å². The van der Waals surface area contributed by atoms with E-state index in [2.05, 4.69) is 33.2 Å². The molecule has 1 unspecified atom stereocenters. The molecule has 2 aromatic rings. The zero-order chi connectivity index (χ0) is 15.2. The average molecular weight is 368 g/mol. The van der Waals surface area contributed by atoms with E-state index >= 15 is 0 Å². The van der Waals surface area contributed by atoms with E-state index in [4.69, 9.17) is 0 Å². The van der Waals surface area contributed by atoms with Crippen molar-refractivity contribution in [2.45, 2.75) is 31.5 Å². The van der Waals surface area contributed by atoms with Gasteiger partial charge < -0.3 is 5.32 Å². The largest absolute Gasteiger partial charge is 0.353 e. The summed E-state index contributed by atoms with van der Waals surface area (Å²) in [5.74, 6) is 0.414. The predicted octanol–water partition coefficient (Wildman–Crippen LogP) is 3.64. The Hall–Kier alpha value is -1.27. The Morgan fingerprint density at radius 1 is 1.43 bits per heavy atom. The highest BCUT2D eigenvalue weighted by molar-refractivity contribution is 9.10. The smallest absolute Gasteiger partial charge is 0.230 e. The molecule has 0 radical (unpaired) electrons. The number of aromatic nitrogens is 2. The summed E-state index contributed by atoms with van der Waals surface area (Å²) in [5, 5.41) is 3.77. The van der Waals surface area contributed by atoms with Gasteiger partial charge in [-0.2, -0.15) is 0 Å². The van der Waals surface area contributed by atoms with Crippen molar-refractivity contribution in [2.24, 2.45) is 0 Å². The van der Waals surface area contributed by atoms with Gasteiger partial charge in [-0.05, 0) is 37.6 Å². The van der Waals surface area contributed by atoms with E-state index in [1.807, 2.05) is 42.0 Å². The second-order valence-electron chi connectivity index (χ2n) is 4.72. The van der Waals surface area contributed by atoms with Crippen LogP contribution in [0.2, 0.25) is 0 Å². The zero-order valence-corrected chi connectivity index (χ0v) is 14.4. The molecule has 21 heavy (non-hydrogen) atoms. The summed E-state index contributed by atoms with van der Waals surface area (Å²) in [4.78, 5) is 16.1. The summed E-state index contributed by atoms with van der Waals surface area (Å²) in [7, 11) is 0. The van der Waals surface area contributed by atoms with E-state index in [9.17, 15) is 4.79 Å². The molecule has 2 rings (SSSR count). The van der Waals surface area contributed by atoms with Crippen molar-refractivity contribution in [2.75, 3.05) is 5.75 Å². The molecular formula is C15H18BrN3OS.